The SMILES string of the molecule is [2H]C([2H])(c1ccccc1OCCCCc1nn[nH]n1)N(C)C(=O)c1ccc(-c2ccco2)cc1. The van der Waals surface area contributed by atoms with E-state index in [1.165, 1.54) is 7.05 Å². The third-order valence-corrected chi connectivity index (χ3v) is 4.86. The number of nitrogens with zero attached hydrogens (tertiary/aromatic N) is 4. The average molecular weight is 434 g/mol. The Morgan fingerprint density at radius 2 is 1.97 bits per heavy atom. The summed E-state index contributed by atoms with van der Waals surface area (Å²) in [4.78, 5) is 14.2. The topological polar surface area (TPSA) is 97.1 Å². The molecule has 0 aliphatic heterocycles. The number of H-pyrrole nitrogens is 1. The van der Waals surface area contributed by atoms with Gasteiger partial charge in [0.2, 0.25) is 0 Å². The number of aromatic amines is 1. The summed E-state index contributed by atoms with van der Waals surface area (Å²) in [6.07, 6.45) is 3.81. The van der Waals surface area contributed by atoms with E-state index in [0.29, 0.717) is 35.9 Å². The molecule has 2 aromatic carbocycles. The molecule has 4 rings (SSSR count). The van der Waals surface area contributed by atoms with Crippen molar-refractivity contribution in [2.24, 2.45) is 0 Å². The number of hydrogen-bond acceptors (Lipinski definition) is 6. The lowest BCUT2D eigenvalue weighted by molar-refractivity contribution is 0.0784. The van der Waals surface area contributed by atoms with Crippen LogP contribution in [0.4, 0.5) is 0 Å². The number of furan rings is 1. The lowest BCUT2D eigenvalue weighted by Gasteiger charge is -2.19. The maximum Gasteiger partial charge on any atom is 0.253 e. The van der Waals surface area contributed by atoms with E-state index < -0.39 is 12.4 Å². The first kappa shape index (κ1) is 18.8. The lowest BCUT2D eigenvalue weighted by atomic mass is 10.1. The zero-order valence-corrected chi connectivity index (χ0v) is 17.7. The Bertz CT molecular complexity index is 1200. The second kappa shape index (κ2) is 10.4. The summed E-state index contributed by atoms with van der Waals surface area (Å²) in [7, 11) is 1.45. The van der Waals surface area contributed by atoms with Gasteiger partial charge in [-0.05, 0) is 43.2 Å². The van der Waals surface area contributed by atoms with Gasteiger partial charge in [-0.2, -0.15) is 5.21 Å². The van der Waals surface area contributed by atoms with E-state index in [1.807, 2.05) is 6.07 Å². The van der Waals surface area contributed by atoms with E-state index in [-0.39, 0.29) is 5.56 Å². The third-order valence-electron chi connectivity index (χ3n) is 4.86. The largest absolute Gasteiger partial charge is 0.493 e. The number of amides is 1. The lowest BCUT2D eigenvalue weighted by Crippen LogP contribution is -2.26. The van der Waals surface area contributed by atoms with Crippen molar-refractivity contribution in [3.05, 3.63) is 83.9 Å². The minimum absolute atomic E-state index is 0.288. The summed E-state index contributed by atoms with van der Waals surface area (Å²) in [5, 5.41) is 13.8. The van der Waals surface area contributed by atoms with Crippen molar-refractivity contribution in [1.29, 1.82) is 0 Å². The predicted octanol–water partition coefficient (Wildman–Crippen LogP) is 4.13. The van der Waals surface area contributed by atoms with Crippen LogP contribution in [0.3, 0.4) is 0 Å². The molecule has 0 aliphatic carbocycles. The molecule has 8 nitrogen and oxygen atoms in total. The molecule has 0 bridgehead atoms. The van der Waals surface area contributed by atoms with Crippen LogP contribution in [0.5, 0.6) is 5.75 Å². The van der Waals surface area contributed by atoms with Gasteiger partial charge in [0.05, 0.1) is 15.6 Å². The molecule has 32 heavy (non-hydrogen) atoms. The van der Waals surface area contributed by atoms with Gasteiger partial charge in [0.1, 0.15) is 11.5 Å². The van der Waals surface area contributed by atoms with Gasteiger partial charge in [-0.15, -0.1) is 10.2 Å². The molecule has 0 spiro atoms. The van der Waals surface area contributed by atoms with Crippen LogP contribution in [0.2, 0.25) is 0 Å². The molecule has 164 valence electrons. The van der Waals surface area contributed by atoms with Crippen molar-refractivity contribution in [1.82, 2.24) is 25.5 Å². The van der Waals surface area contributed by atoms with Gasteiger partial charge in [0.15, 0.2) is 5.82 Å². The molecule has 1 amide bonds. The molecule has 0 saturated heterocycles. The molecule has 0 unspecified atom stereocenters. The minimum Gasteiger partial charge on any atom is -0.493 e. The van der Waals surface area contributed by atoms with Gasteiger partial charge in [0.25, 0.3) is 5.91 Å². The fourth-order valence-electron chi connectivity index (χ4n) is 3.19. The van der Waals surface area contributed by atoms with Crippen LogP contribution in [0.15, 0.2) is 71.3 Å². The fourth-order valence-corrected chi connectivity index (χ4v) is 3.19. The first-order valence-corrected chi connectivity index (χ1v) is 10.3. The Kier molecular flexibility index (Phi) is 6.10. The first-order chi connectivity index (χ1) is 16.5. The summed E-state index contributed by atoms with van der Waals surface area (Å²) in [5.74, 6) is 1.31. The first-order valence-electron chi connectivity index (χ1n) is 11.3. The number of nitrogens with one attached hydrogen (secondary N) is 1. The number of unbranched alkanes of at least 4 members (excludes halogenated alkanes) is 1. The summed E-state index contributed by atoms with van der Waals surface area (Å²) in [5.41, 5.74) is 1.50. The smallest absolute Gasteiger partial charge is 0.253 e. The van der Waals surface area contributed by atoms with Crippen LogP contribution < -0.4 is 4.74 Å². The number of ether oxygens (including phenoxy) is 1. The van der Waals surface area contributed by atoms with E-state index in [4.69, 9.17) is 11.9 Å². The van der Waals surface area contributed by atoms with Crippen molar-refractivity contribution in [3.8, 4) is 17.1 Å². The molecule has 2 heterocycles. The minimum atomic E-state index is -2.09. The van der Waals surface area contributed by atoms with Gasteiger partial charge >= 0.3 is 0 Å². The quantitative estimate of drug-likeness (QED) is 0.378. The number of carbonyl (C=O) groups is 1. The molecular weight excluding hydrogens is 406 g/mol. The summed E-state index contributed by atoms with van der Waals surface area (Å²) < 4.78 is 28.7. The molecule has 8 heteroatoms. The van der Waals surface area contributed by atoms with Crippen LogP contribution in [-0.4, -0.2) is 45.1 Å². The highest BCUT2D eigenvalue weighted by Crippen LogP contribution is 2.23. The molecule has 1 N–H and O–H groups in total. The average Bonchev–Trinajstić information content (AvgIpc) is 3.58. The van der Waals surface area contributed by atoms with Crippen LogP contribution >= 0.6 is 0 Å². The number of rotatable bonds is 10. The van der Waals surface area contributed by atoms with Crippen LogP contribution in [0, 0.1) is 0 Å². The van der Waals surface area contributed by atoms with Gasteiger partial charge in [0, 0.05) is 36.7 Å². The van der Waals surface area contributed by atoms with Crippen molar-refractivity contribution < 1.29 is 16.7 Å². The van der Waals surface area contributed by atoms with Crippen molar-refractivity contribution in [2.45, 2.75) is 25.8 Å². The Balaban J connectivity index is 1.41. The van der Waals surface area contributed by atoms with Gasteiger partial charge in [-0.25, -0.2) is 0 Å². The Morgan fingerprint density at radius 1 is 1.12 bits per heavy atom. The van der Waals surface area contributed by atoms with Gasteiger partial charge in [-0.3, -0.25) is 4.79 Å². The second-order valence-corrected chi connectivity index (χ2v) is 7.16. The number of tetrazole rings is 1. The molecule has 2 aromatic heterocycles. The highest BCUT2D eigenvalue weighted by Gasteiger charge is 2.15. The van der Waals surface area contributed by atoms with Gasteiger partial charge in [-0.1, -0.05) is 35.5 Å². The van der Waals surface area contributed by atoms with Gasteiger partial charge < -0.3 is 14.1 Å². The highest BCUT2D eigenvalue weighted by molar-refractivity contribution is 5.94. The molecule has 0 saturated carbocycles. The van der Waals surface area contributed by atoms with E-state index in [9.17, 15) is 4.79 Å². The predicted molar refractivity (Wildman–Crippen MR) is 119 cm³/mol. The third kappa shape index (κ3) is 5.40. The van der Waals surface area contributed by atoms with E-state index in [2.05, 4.69) is 20.6 Å². The maximum absolute atomic E-state index is 13.1. The van der Waals surface area contributed by atoms with E-state index in [1.54, 1.807) is 60.9 Å². The molecule has 0 atom stereocenters. The van der Waals surface area contributed by atoms with Crippen molar-refractivity contribution in [3.63, 3.8) is 0 Å². The normalized spacial score (nSPS) is 12.2. The number of hydrogen-bond donors (Lipinski definition) is 1. The number of carbonyl (C=O) groups excluding carboxylic acids is 1. The molecule has 0 fully saturated rings. The highest BCUT2D eigenvalue weighted by atomic mass is 16.5. The molecule has 0 radical (unpaired) electrons. The second-order valence-electron chi connectivity index (χ2n) is 7.16. The molecular formula is C24H25N5O3. The monoisotopic (exact) mass is 433 g/mol. The van der Waals surface area contributed by atoms with Crippen molar-refractivity contribution >= 4 is 5.91 Å². The van der Waals surface area contributed by atoms with Crippen LogP contribution in [-0.2, 0) is 12.9 Å². The number of aromatic nitrogens is 4. The van der Waals surface area contributed by atoms with Crippen LogP contribution in [0.1, 0.15) is 37.3 Å². The number of para-hydroxylation sites is 1. The zero-order valence-electron chi connectivity index (χ0n) is 19.7. The number of benzene rings is 2. The Morgan fingerprint density at radius 3 is 2.72 bits per heavy atom. The van der Waals surface area contributed by atoms with E-state index >= 15 is 0 Å². The number of aryl methyl sites for hydroxylation is 1. The summed E-state index contributed by atoms with van der Waals surface area (Å²) >= 11 is 0. The summed E-state index contributed by atoms with van der Waals surface area (Å²) in [6, 6.07) is 17.4. The molecule has 4 aromatic rings. The summed E-state index contributed by atoms with van der Waals surface area (Å²) in [6.45, 7) is -1.69. The fraction of sp³-hybridized carbons (Fsp3) is 0.250. The van der Waals surface area contributed by atoms with Crippen LogP contribution in [0.25, 0.3) is 11.3 Å². The van der Waals surface area contributed by atoms with E-state index in [0.717, 1.165) is 23.3 Å². The van der Waals surface area contributed by atoms with Crippen molar-refractivity contribution in [2.75, 3.05) is 13.7 Å². The Hall–Kier alpha value is -3.94. The standard InChI is InChI=1S/C24H25N5O3/c1-29(24(30)19-13-11-18(12-14-19)21-9-6-16-32-21)17-20-7-2-3-8-22(20)31-15-5-4-10-23-25-27-28-26-23/h2-3,6-9,11-14,16H,4-5,10,15,17H2,1H3,(H,25,26,27,28)/i17D2. The zero-order chi connectivity index (χ0) is 24.0. The Labute approximate surface area is 189 Å². The molecule has 0 aliphatic rings. The maximum atomic E-state index is 13.1.